The molecule has 9 heteroatoms. The third kappa shape index (κ3) is 2.59. The normalized spacial score (nSPS) is 22.6. The first-order valence-electron chi connectivity index (χ1n) is 7.33. The maximum absolute atomic E-state index is 13.0. The topological polar surface area (TPSA) is 101 Å². The molecule has 1 saturated heterocycles. The van der Waals surface area contributed by atoms with Crippen LogP contribution < -0.4 is 5.56 Å². The molecule has 8 nitrogen and oxygen atoms in total. The SMILES string of the molecule is Cc1cc(=O)[nH]c(C2(C)CCCN2S(=O)(=O)c2cnn(C)c2)n1. The van der Waals surface area contributed by atoms with Crippen molar-refractivity contribution in [1.82, 2.24) is 24.1 Å². The minimum atomic E-state index is -3.71. The minimum Gasteiger partial charge on any atom is -0.309 e. The Kier molecular flexibility index (Phi) is 3.64. The lowest BCUT2D eigenvalue weighted by atomic mass is 9.99. The van der Waals surface area contributed by atoms with Crippen molar-refractivity contribution >= 4 is 10.0 Å². The molecule has 0 saturated carbocycles. The summed E-state index contributed by atoms with van der Waals surface area (Å²) in [5.41, 5.74) is -0.588. The molecule has 3 rings (SSSR count). The van der Waals surface area contributed by atoms with Crippen molar-refractivity contribution < 1.29 is 8.42 Å². The van der Waals surface area contributed by atoms with E-state index in [1.54, 1.807) is 20.9 Å². The van der Waals surface area contributed by atoms with Gasteiger partial charge in [-0.15, -0.1) is 0 Å². The van der Waals surface area contributed by atoms with Gasteiger partial charge in [0.25, 0.3) is 5.56 Å². The van der Waals surface area contributed by atoms with E-state index in [1.165, 1.54) is 27.4 Å². The molecule has 0 aromatic carbocycles. The summed E-state index contributed by atoms with van der Waals surface area (Å²) in [5.74, 6) is 0.382. The largest absolute Gasteiger partial charge is 0.309 e. The fraction of sp³-hybridized carbons (Fsp3) is 0.500. The Morgan fingerprint density at radius 2 is 2.13 bits per heavy atom. The smallest absolute Gasteiger partial charge is 0.251 e. The van der Waals surface area contributed by atoms with Crippen LogP contribution in [0.15, 0.2) is 28.2 Å². The van der Waals surface area contributed by atoms with Crippen LogP contribution >= 0.6 is 0 Å². The van der Waals surface area contributed by atoms with Gasteiger partial charge < -0.3 is 4.98 Å². The van der Waals surface area contributed by atoms with E-state index in [-0.39, 0.29) is 10.5 Å². The number of hydrogen-bond acceptors (Lipinski definition) is 5. The number of H-pyrrole nitrogens is 1. The summed E-state index contributed by atoms with van der Waals surface area (Å²) in [6.07, 6.45) is 4.10. The third-order valence-electron chi connectivity index (χ3n) is 4.22. The number of aromatic amines is 1. The van der Waals surface area contributed by atoms with Crippen LogP contribution in [-0.4, -0.2) is 39.0 Å². The number of hydrogen-bond donors (Lipinski definition) is 1. The van der Waals surface area contributed by atoms with Gasteiger partial charge in [0.1, 0.15) is 10.7 Å². The average Bonchev–Trinajstić information content (AvgIpc) is 3.05. The molecule has 1 aliphatic rings. The Balaban J connectivity index is 2.10. The zero-order valence-corrected chi connectivity index (χ0v) is 14.1. The van der Waals surface area contributed by atoms with Crippen molar-refractivity contribution in [2.45, 2.75) is 37.1 Å². The van der Waals surface area contributed by atoms with Crippen molar-refractivity contribution in [3.8, 4) is 0 Å². The van der Waals surface area contributed by atoms with Crippen molar-refractivity contribution in [2.75, 3.05) is 6.54 Å². The Labute approximate surface area is 134 Å². The molecule has 1 atom stereocenters. The molecule has 3 heterocycles. The zero-order chi connectivity index (χ0) is 16.8. The lowest BCUT2D eigenvalue weighted by Crippen LogP contribution is -2.44. The first-order chi connectivity index (χ1) is 10.7. The number of nitrogens with zero attached hydrogens (tertiary/aromatic N) is 4. The number of aromatic nitrogens is 4. The molecule has 0 bridgehead atoms. The van der Waals surface area contributed by atoms with Crippen molar-refractivity contribution in [3.63, 3.8) is 0 Å². The molecule has 2 aromatic heterocycles. The molecule has 2 aromatic rings. The molecule has 124 valence electrons. The summed E-state index contributed by atoms with van der Waals surface area (Å²) in [5, 5.41) is 3.94. The summed E-state index contributed by atoms with van der Waals surface area (Å²) < 4.78 is 28.8. The van der Waals surface area contributed by atoms with Gasteiger partial charge in [-0.05, 0) is 26.7 Å². The van der Waals surface area contributed by atoms with Crippen molar-refractivity contribution in [2.24, 2.45) is 7.05 Å². The average molecular weight is 337 g/mol. The van der Waals surface area contributed by atoms with E-state index in [0.717, 1.165) is 0 Å². The van der Waals surface area contributed by atoms with Crippen LogP contribution in [0, 0.1) is 6.92 Å². The fourth-order valence-corrected chi connectivity index (χ4v) is 4.85. The van der Waals surface area contributed by atoms with E-state index < -0.39 is 15.6 Å². The first-order valence-corrected chi connectivity index (χ1v) is 8.77. The maximum atomic E-state index is 13.0. The third-order valence-corrected chi connectivity index (χ3v) is 6.20. The number of nitrogens with one attached hydrogen (secondary N) is 1. The highest BCUT2D eigenvalue weighted by molar-refractivity contribution is 7.89. The van der Waals surface area contributed by atoms with E-state index in [4.69, 9.17) is 0 Å². The van der Waals surface area contributed by atoms with E-state index in [2.05, 4.69) is 15.1 Å². The van der Waals surface area contributed by atoms with Gasteiger partial charge in [0.05, 0.1) is 11.7 Å². The van der Waals surface area contributed by atoms with Crippen molar-refractivity contribution in [1.29, 1.82) is 0 Å². The second-order valence-corrected chi connectivity index (χ2v) is 7.90. The van der Waals surface area contributed by atoms with Gasteiger partial charge in [-0.3, -0.25) is 9.48 Å². The minimum absolute atomic E-state index is 0.142. The first kappa shape index (κ1) is 15.9. The second kappa shape index (κ2) is 5.27. The van der Waals surface area contributed by atoms with Gasteiger partial charge in [-0.2, -0.15) is 9.40 Å². The summed E-state index contributed by atoms with van der Waals surface area (Å²) in [6, 6.07) is 1.39. The molecule has 0 radical (unpaired) electrons. The van der Waals surface area contributed by atoms with E-state index in [1.807, 2.05) is 0 Å². The van der Waals surface area contributed by atoms with Crippen LogP contribution in [0.4, 0.5) is 0 Å². The summed E-state index contributed by atoms with van der Waals surface area (Å²) in [6.45, 7) is 3.90. The Hall–Kier alpha value is -2.00. The van der Waals surface area contributed by atoms with Crippen molar-refractivity contribution in [3.05, 3.63) is 40.3 Å². The number of sulfonamides is 1. The molecule has 0 amide bonds. The summed E-state index contributed by atoms with van der Waals surface area (Å²) >= 11 is 0. The zero-order valence-electron chi connectivity index (χ0n) is 13.3. The quantitative estimate of drug-likeness (QED) is 0.879. The highest BCUT2D eigenvalue weighted by atomic mass is 32.2. The van der Waals surface area contributed by atoms with Crippen LogP contribution in [0.1, 0.15) is 31.3 Å². The molecular weight excluding hydrogens is 318 g/mol. The van der Waals surface area contributed by atoms with Crippen LogP contribution in [0.2, 0.25) is 0 Å². The van der Waals surface area contributed by atoms with E-state index in [9.17, 15) is 13.2 Å². The lowest BCUT2D eigenvalue weighted by molar-refractivity contribution is 0.254. The highest BCUT2D eigenvalue weighted by Gasteiger charge is 2.47. The van der Waals surface area contributed by atoms with Gasteiger partial charge in [-0.1, -0.05) is 0 Å². The van der Waals surface area contributed by atoms with Crippen LogP contribution in [-0.2, 0) is 22.6 Å². The molecule has 1 N–H and O–H groups in total. The van der Waals surface area contributed by atoms with Gasteiger partial charge in [0.15, 0.2) is 0 Å². The predicted molar refractivity (Wildman–Crippen MR) is 83.3 cm³/mol. The van der Waals surface area contributed by atoms with Gasteiger partial charge >= 0.3 is 0 Å². The molecule has 0 spiro atoms. The van der Waals surface area contributed by atoms with Gasteiger partial charge in [-0.25, -0.2) is 13.4 Å². The number of aryl methyl sites for hydroxylation is 2. The summed E-state index contributed by atoms with van der Waals surface area (Å²) in [7, 11) is -2.04. The lowest BCUT2D eigenvalue weighted by Gasteiger charge is -2.33. The van der Waals surface area contributed by atoms with Crippen LogP contribution in [0.3, 0.4) is 0 Å². The van der Waals surface area contributed by atoms with Gasteiger partial charge in [0, 0.05) is 31.5 Å². The molecule has 0 aliphatic carbocycles. The number of rotatable bonds is 3. The molecule has 1 aliphatic heterocycles. The Morgan fingerprint density at radius 1 is 1.39 bits per heavy atom. The van der Waals surface area contributed by atoms with Crippen LogP contribution in [0.25, 0.3) is 0 Å². The molecule has 1 fully saturated rings. The molecule has 23 heavy (non-hydrogen) atoms. The Morgan fingerprint density at radius 3 is 2.74 bits per heavy atom. The maximum Gasteiger partial charge on any atom is 0.251 e. The fourth-order valence-electron chi connectivity index (χ4n) is 3.05. The van der Waals surface area contributed by atoms with E-state index >= 15 is 0 Å². The monoisotopic (exact) mass is 337 g/mol. The molecule has 1 unspecified atom stereocenters. The molecular formula is C14H19N5O3S. The Bertz CT molecular complexity index is 901. The van der Waals surface area contributed by atoms with E-state index in [0.29, 0.717) is 30.9 Å². The van der Waals surface area contributed by atoms with Gasteiger partial charge in [0.2, 0.25) is 10.0 Å². The summed E-state index contributed by atoms with van der Waals surface area (Å²) in [4.78, 5) is 19.0. The predicted octanol–water partition coefficient (Wildman–Crippen LogP) is 0.512. The second-order valence-electron chi connectivity index (χ2n) is 6.04. The van der Waals surface area contributed by atoms with Crippen LogP contribution in [0.5, 0.6) is 0 Å². The standard InChI is InChI=1S/C14H19N5O3S/c1-10-7-12(20)17-13(16-10)14(2)5-4-6-19(14)23(21,22)11-8-15-18(3)9-11/h7-9H,4-6H2,1-3H3,(H,16,17,20). The highest BCUT2D eigenvalue weighted by Crippen LogP contribution is 2.40.